The fraction of sp³-hybridized carbons (Fsp3) is 0.111. The van der Waals surface area contributed by atoms with Crippen molar-refractivity contribution in [3.05, 3.63) is 36.6 Å². The normalized spacial score (nSPS) is 10.7. The number of oxazole rings is 1. The second kappa shape index (κ2) is 2.09. The fourth-order valence-electron chi connectivity index (χ4n) is 1.12. The molecule has 1 aromatic carbocycles. The number of rotatable bonds is 0. The lowest BCUT2D eigenvalue weighted by Gasteiger charge is -1.88. The number of aryl methyl sites for hydroxylation is 1. The smallest absolute Gasteiger partial charge is 0.192 e. The number of fused-ring (bicyclic) bond motifs is 1. The van der Waals surface area contributed by atoms with Crippen molar-refractivity contribution in [1.29, 1.82) is 0 Å². The molecule has 0 aliphatic rings. The molecular weight excluding hydrogens is 138 g/mol. The minimum atomic E-state index is 0.691. The first-order valence-electron chi connectivity index (χ1n) is 3.45. The van der Waals surface area contributed by atoms with Gasteiger partial charge in [-0.05, 0) is 18.6 Å². The van der Waals surface area contributed by atoms with Crippen molar-refractivity contribution < 1.29 is 4.42 Å². The molecule has 0 spiro atoms. The summed E-state index contributed by atoms with van der Waals surface area (Å²) < 4.78 is 5.30. The number of para-hydroxylation sites is 1. The van der Waals surface area contributed by atoms with Gasteiger partial charge in [0.2, 0.25) is 0 Å². The van der Waals surface area contributed by atoms with Crippen molar-refractivity contribution in [2.45, 2.75) is 6.92 Å². The zero-order valence-corrected chi connectivity index (χ0v) is 6.29. The lowest BCUT2D eigenvalue weighted by Crippen LogP contribution is -1.74. The lowest BCUT2D eigenvalue weighted by atomic mass is 10.2. The van der Waals surface area contributed by atoms with Gasteiger partial charge in [0.1, 0.15) is 5.52 Å². The standard InChI is InChI=1S/C9H8NO/c1-6-4-3-5-8-9(6)10-7(2)11-8/h3-5H,1H2,2H3. The van der Waals surface area contributed by atoms with E-state index in [1.54, 1.807) is 0 Å². The molecule has 2 heteroatoms. The molecule has 2 rings (SSSR count). The number of hydrogen-bond acceptors (Lipinski definition) is 2. The lowest BCUT2D eigenvalue weighted by molar-refractivity contribution is 0.561. The van der Waals surface area contributed by atoms with E-state index >= 15 is 0 Å². The van der Waals surface area contributed by atoms with Crippen LogP contribution in [0.1, 0.15) is 11.5 Å². The Bertz CT molecular complexity index is 389. The summed E-state index contributed by atoms with van der Waals surface area (Å²) in [6.07, 6.45) is 0. The van der Waals surface area contributed by atoms with Gasteiger partial charge in [-0.15, -0.1) is 0 Å². The third kappa shape index (κ3) is 0.909. The van der Waals surface area contributed by atoms with E-state index in [1.165, 1.54) is 0 Å². The number of hydrogen-bond donors (Lipinski definition) is 0. The first-order valence-corrected chi connectivity index (χ1v) is 3.45. The van der Waals surface area contributed by atoms with E-state index in [9.17, 15) is 0 Å². The Morgan fingerprint density at radius 1 is 1.45 bits per heavy atom. The summed E-state index contributed by atoms with van der Waals surface area (Å²) in [5, 5.41) is 0. The van der Waals surface area contributed by atoms with Crippen LogP contribution in [0.25, 0.3) is 11.1 Å². The molecule has 0 fully saturated rings. The van der Waals surface area contributed by atoms with Crippen LogP contribution in [0.5, 0.6) is 0 Å². The quantitative estimate of drug-likeness (QED) is 0.570. The summed E-state index contributed by atoms with van der Waals surface area (Å²) in [7, 11) is 0. The second-order valence-corrected chi connectivity index (χ2v) is 2.50. The van der Waals surface area contributed by atoms with Crippen molar-refractivity contribution in [3.8, 4) is 0 Å². The van der Waals surface area contributed by atoms with Gasteiger partial charge < -0.3 is 4.42 Å². The molecule has 0 atom stereocenters. The highest BCUT2D eigenvalue weighted by Crippen LogP contribution is 2.17. The summed E-state index contributed by atoms with van der Waals surface area (Å²) >= 11 is 0. The maximum absolute atomic E-state index is 5.30. The Morgan fingerprint density at radius 2 is 2.27 bits per heavy atom. The zero-order valence-electron chi connectivity index (χ0n) is 6.29. The number of aromatic nitrogens is 1. The van der Waals surface area contributed by atoms with Gasteiger partial charge >= 0.3 is 0 Å². The Kier molecular flexibility index (Phi) is 1.22. The molecule has 1 heterocycles. The summed E-state index contributed by atoms with van der Waals surface area (Å²) in [6.45, 7) is 5.67. The first-order chi connectivity index (χ1) is 5.27. The molecule has 0 amide bonds. The average molecular weight is 146 g/mol. The van der Waals surface area contributed by atoms with Gasteiger partial charge in [-0.2, -0.15) is 0 Å². The van der Waals surface area contributed by atoms with E-state index in [-0.39, 0.29) is 0 Å². The number of nitrogens with zero attached hydrogens (tertiary/aromatic N) is 1. The Hall–Kier alpha value is -1.31. The van der Waals surface area contributed by atoms with Crippen molar-refractivity contribution in [2.24, 2.45) is 0 Å². The van der Waals surface area contributed by atoms with Gasteiger partial charge in [-0.25, -0.2) is 4.98 Å². The molecule has 0 unspecified atom stereocenters. The number of benzene rings is 1. The van der Waals surface area contributed by atoms with Gasteiger partial charge in [0.05, 0.1) is 0 Å². The highest BCUT2D eigenvalue weighted by molar-refractivity contribution is 5.77. The Morgan fingerprint density at radius 3 is 3.00 bits per heavy atom. The van der Waals surface area contributed by atoms with Gasteiger partial charge in [-0.1, -0.05) is 12.1 Å². The van der Waals surface area contributed by atoms with Crippen molar-refractivity contribution in [2.75, 3.05) is 0 Å². The van der Waals surface area contributed by atoms with Crippen LogP contribution >= 0.6 is 0 Å². The summed E-state index contributed by atoms with van der Waals surface area (Å²) in [4.78, 5) is 4.18. The third-order valence-corrected chi connectivity index (χ3v) is 1.61. The van der Waals surface area contributed by atoms with Crippen LogP contribution in [-0.4, -0.2) is 4.98 Å². The average Bonchev–Trinajstić information content (AvgIpc) is 2.31. The van der Waals surface area contributed by atoms with Crippen LogP contribution in [0, 0.1) is 13.8 Å². The Labute approximate surface area is 64.9 Å². The van der Waals surface area contributed by atoms with Crippen LogP contribution < -0.4 is 0 Å². The molecule has 0 N–H and O–H groups in total. The van der Waals surface area contributed by atoms with Crippen molar-refractivity contribution in [3.63, 3.8) is 0 Å². The predicted octanol–water partition coefficient (Wildman–Crippen LogP) is 2.32. The fourth-order valence-corrected chi connectivity index (χ4v) is 1.12. The van der Waals surface area contributed by atoms with Gasteiger partial charge in [0.25, 0.3) is 0 Å². The summed E-state index contributed by atoms with van der Waals surface area (Å²) in [6, 6.07) is 5.73. The van der Waals surface area contributed by atoms with Gasteiger partial charge in [0, 0.05) is 6.92 Å². The predicted molar refractivity (Wildman–Crippen MR) is 43.2 cm³/mol. The molecule has 11 heavy (non-hydrogen) atoms. The van der Waals surface area contributed by atoms with Crippen LogP contribution in [0.15, 0.2) is 22.6 Å². The van der Waals surface area contributed by atoms with E-state index in [2.05, 4.69) is 11.9 Å². The molecular formula is C9H8NO. The topological polar surface area (TPSA) is 26.0 Å². The summed E-state index contributed by atoms with van der Waals surface area (Å²) in [5.74, 6) is 0.691. The molecule has 0 saturated heterocycles. The second-order valence-electron chi connectivity index (χ2n) is 2.50. The molecule has 55 valence electrons. The molecule has 0 aliphatic carbocycles. The molecule has 0 aliphatic heterocycles. The molecule has 2 aromatic rings. The minimum Gasteiger partial charge on any atom is -0.441 e. The highest BCUT2D eigenvalue weighted by atomic mass is 16.3. The van der Waals surface area contributed by atoms with Crippen molar-refractivity contribution in [1.82, 2.24) is 4.98 Å². The van der Waals surface area contributed by atoms with Crippen LogP contribution in [0.3, 0.4) is 0 Å². The van der Waals surface area contributed by atoms with E-state index in [0.29, 0.717) is 5.89 Å². The maximum atomic E-state index is 5.30. The van der Waals surface area contributed by atoms with E-state index in [1.807, 2.05) is 25.1 Å². The summed E-state index contributed by atoms with van der Waals surface area (Å²) in [5.41, 5.74) is 2.60. The maximum Gasteiger partial charge on any atom is 0.192 e. The van der Waals surface area contributed by atoms with Crippen molar-refractivity contribution >= 4 is 11.1 Å². The largest absolute Gasteiger partial charge is 0.441 e. The Balaban J connectivity index is 2.90. The van der Waals surface area contributed by atoms with E-state index < -0.39 is 0 Å². The van der Waals surface area contributed by atoms with E-state index in [0.717, 1.165) is 16.7 Å². The SMILES string of the molecule is [CH2]c1cccc2oc(C)nc12. The molecule has 1 radical (unpaired) electrons. The van der Waals surface area contributed by atoms with E-state index in [4.69, 9.17) is 4.42 Å². The first kappa shape index (κ1) is 6.40. The molecule has 0 saturated carbocycles. The van der Waals surface area contributed by atoms with Gasteiger partial charge in [-0.3, -0.25) is 0 Å². The molecule has 1 aromatic heterocycles. The van der Waals surface area contributed by atoms with Crippen LogP contribution in [-0.2, 0) is 0 Å². The molecule has 0 bridgehead atoms. The van der Waals surface area contributed by atoms with Crippen LogP contribution in [0.4, 0.5) is 0 Å². The third-order valence-electron chi connectivity index (χ3n) is 1.61. The highest BCUT2D eigenvalue weighted by Gasteiger charge is 2.02. The minimum absolute atomic E-state index is 0.691. The zero-order chi connectivity index (χ0) is 7.84. The van der Waals surface area contributed by atoms with Gasteiger partial charge in [0.15, 0.2) is 11.5 Å². The monoisotopic (exact) mass is 146 g/mol. The van der Waals surface area contributed by atoms with Crippen LogP contribution in [0.2, 0.25) is 0 Å². The molecule has 2 nitrogen and oxygen atoms in total.